The van der Waals surface area contributed by atoms with Gasteiger partial charge in [0.05, 0.1) is 35.9 Å². The second-order valence-electron chi connectivity index (χ2n) is 14.7. The number of thiophene rings is 1. The lowest BCUT2D eigenvalue weighted by atomic mass is 10.0. The Morgan fingerprint density at radius 3 is 1.42 bits per heavy atom. The van der Waals surface area contributed by atoms with Gasteiger partial charge in [-0.05, 0) is 123 Å². The van der Waals surface area contributed by atoms with Crippen molar-refractivity contribution >= 4 is 74.8 Å². The Kier molecular flexibility index (Phi) is 14.7. The van der Waals surface area contributed by atoms with Crippen LogP contribution in [0.4, 0.5) is 0 Å². The number of unbranched alkanes of at least 4 members (excludes halogenated alkanes) is 13. The van der Waals surface area contributed by atoms with Gasteiger partial charge in [0.15, 0.2) is 0 Å². The fraction of sp³-hybridized carbons (Fsp3) is 0.333. The van der Waals surface area contributed by atoms with E-state index in [0.29, 0.717) is 0 Å². The molecule has 0 fully saturated rings. The Bertz CT molecular complexity index is 2380. The molecule has 55 heavy (non-hydrogen) atoms. The predicted octanol–water partition coefficient (Wildman–Crippen LogP) is 11.6. The highest BCUT2D eigenvalue weighted by atomic mass is 127. The number of nitrogens with one attached hydrogen (secondary N) is 3. The molecule has 1 aliphatic rings. The largest absolute Gasteiger partial charge is 0.494 e. The molecule has 0 aliphatic carbocycles. The molecular formula is C48H53I2N3OS. The summed E-state index contributed by atoms with van der Waals surface area (Å²) in [6.07, 6.45) is 19.1. The van der Waals surface area contributed by atoms with Crippen molar-refractivity contribution < 1.29 is 4.74 Å². The maximum atomic E-state index is 6.25. The Hall–Kier alpha value is -3.28. The monoisotopic (exact) mass is 973 g/mol. The van der Waals surface area contributed by atoms with E-state index < -0.39 is 0 Å². The molecule has 6 aromatic rings. The summed E-state index contributed by atoms with van der Waals surface area (Å²) in [7, 11) is 0. The highest BCUT2D eigenvalue weighted by Crippen LogP contribution is 2.28. The minimum Gasteiger partial charge on any atom is -0.494 e. The molecule has 0 amide bonds. The minimum atomic E-state index is 0.770. The van der Waals surface area contributed by atoms with Gasteiger partial charge in [-0.1, -0.05) is 133 Å². The van der Waals surface area contributed by atoms with Crippen molar-refractivity contribution in [2.75, 3.05) is 6.61 Å². The number of H-pyrrole nitrogens is 3. The fourth-order valence-corrected chi connectivity index (χ4v) is 9.98. The SMILES string of the molecule is CCCCCCCCCCCCCCCCOc1ccc(C2=c3ccc(s3)=C(c3ccccc3)c3ccc([nH]3)C(I)=c3ccc([nH]3)=C(I)c3ccc2[nH]3)cc1. The molecular weight excluding hydrogens is 920 g/mol. The smallest absolute Gasteiger partial charge is 0.119 e. The third-order valence-corrected chi connectivity index (χ3v) is 14.1. The first-order valence-corrected chi connectivity index (χ1v) is 23.3. The van der Waals surface area contributed by atoms with E-state index in [0.717, 1.165) is 65.0 Å². The first-order valence-electron chi connectivity index (χ1n) is 20.4. The average molecular weight is 974 g/mol. The number of ether oxygens (including phenoxy) is 1. The van der Waals surface area contributed by atoms with Gasteiger partial charge in [-0.2, -0.15) is 0 Å². The molecule has 3 N–H and O–H groups in total. The standard InChI is InChI=1S/C48H53I2N3OS/c1-2-3-4-5-6-7-8-9-10-11-12-13-14-18-33-54-36-23-21-35(22-24-36)46-38-26-28-40(52-38)48(50)42-30-29-41(53-42)47(49)39-27-25-37(51-39)45(34-19-16-15-17-20-34)43-31-32-44(46)55-43/h15-17,19-32,51-53H,2-14,18,33H2,1H3. The van der Waals surface area contributed by atoms with Crippen LogP contribution in [0.5, 0.6) is 5.75 Å². The number of benzene rings is 2. The Morgan fingerprint density at radius 1 is 0.455 bits per heavy atom. The first kappa shape index (κ1) is 39.9. The van der Waals surface area contributed by atoms with Crippen LogP contribution in [0, 0.1) is 0 Å². The summed E-state index contributed by atoms with van der Waals surface area (Å²) < 4.78 is 11.0. The van der Waals surface area contributed by atoms with Crippen LogP contribution in [-0.2, 0) is 0 Å². The molecule has 0 atom stereocenters. The lowest BCUT2D eigenvalue weighted by Crippen LogP contribution is -2.13. The summed E-state index contributed by atoms with van der Waals surface area (Å²) in [5, 5.41) is 2.18. The van der Waals surface area contributed by atoms with Gasteiger partial charge in [-0.25, -0.2) is 0 Å². The highest BCUT2D eigenvalue weighted by molar-refractivity contribution is 14.1. The number of hydrogen-bond acceptors (Lipinski definition) is 2. The Balaban J connectivity index is 1.08. The second-order valence-corrected chi connectivity index (χ2v) is 18.0. The summed E-state index contributed by atoms with van der Waals surface area (Å²) in [4.78, 5) is 11.2. The van der Waals surface area contributed by atoms with Crippen LogP contribution < -0.4 is 24.5 Å². The average Bonchev–Trinajstić information content (AvgIpc) is 4.06. The molecule has 2 aromatic carbocycles. The molecule has 7 heteroatoms. The number of hydrogen-bond donors (Lipinski definition) is 3. The van der Waals surface area contributed by atoms with Crippen molar-refractivity contribution in [3.63, 3.8) is 0 Å². The quantitative estimate of drug-likeness (QED) is 0.0583. The molecule has 0 saturated carbocycles. The molecule has 5 heterocycles. The van der Waals surface area contributed by atoms with Crippen LogP contribution in [0.3, 0.4) is 0 Å². The van der Waals surface area contributed by atoms with Crippen LogP contribution >= 0.6 is 56.5 Å². The normalized spacial score (nSPS) is 12.9. The maximum Gasteiger partial charge on any atom is 0.119 e. The van der Waals surface area contributed by atoms with E-state index in [1.807, 2.05) is 11.3 Å². The van der Waals surface area contributed by atoms with Gasteiger partial charge in [0.1, 0.15) is 5.75 Å². The zero-order valence-electron chi connectivity index (χ0n) is 32.0. The van der Waals surface area contributed by atoms with Gasteiger partial charge < -0.3 is 19.7 Å². The van der Waals surface area contributed by atoms with E-state index in [2.05, 4.69) is 170 Å². The number of aromatic amines is 3. The molecule has 7 rings (SSSR count). The Labute approximate surface area is 357 Å². The third-order valence-electron chi connectivity index (χ3n) is 10.6. The van der Waals surface area contributed by atoms with Crippen LogP contribution in [0.25, 0.3) is 18.3 Å². The van der Waals surface area contributed by atoms with Crippen molar-refractivity contribution in [1.29, 1.82) is 0 Å². The van der Waals surface area contributed by atoms with E-state index in [-0.39, 0.29) is 0 Å². The van der Waals surface area contributed by atoms with Crippen molar-refractivity contribution in [2.45, 2.75) is 96.8 Å². The summed E-state index contributed by atoms with van der Waals surface area (Å²) in [5.74, 6) is 0.936. The number of rotatable bonds is 18. The molecule has 8 bridgehead atoms. The van der Waals surface area contributed by atoms with Gasteiger partial charge in [0, 0.05) is 31.6 Å². The molecule has 0 spiro atoms. The van der Waals surface area contributed by atoms with Crippen LogP contribution in [0.15, 0.2) is 103 Å². The summed E-state index contributed by atoms with van der Waals surface area (Å²) in [6.45, 7) is 3.06. The lowest BCUT2D eigenvalue weighted by molar-refractivity contribution is 0.304. The minimum absolute atomic E-state index is 0.770. The number of halogens is 2. The van der Waals surface area contributed by atoms with Gasteiger partial charge in [-0.15, -0.1) is 11.3 Å². The van der Waals surface area contributed by atoms with E-state index in [4.69, 9.17) is 4.74 Å². The van der Waals surface area contributed by atoms with E-state index in [1.165, 1.54) is 109 Å². The van der Waals surface area contributed by atoms with Crippen molar-refractivity contribution in [3.8, 4) is 5.75 Å². The predicted molar refractivity (Wildman–Crippen MR) is 250 cm³/mol. The molecule has 286 valence electrons. The summed E-state index contributed by atoms with van der Waals surface area (Å²) in [6, 6.07) is 37.2. The molecule has 1 aliphatic heterocycles. The zero-order chi connectivity index (χ0) is 37.8. The van der Waals surface area contributed by atoms with Crippen molar-refractivity contribution in [2.24, 2.45) is 0 Å². The molecule has 4 nitrogen and oxygen atoms in total. The van der Waals surface area contributed by atoms with Crippen LogP contribution in [0.1, 0.15) is 131 Å². The van der Waals surface area contributed by atoms with Gasteiger partial charge >= 0.3 is 0 Å². The third kappa shape index (κ3) is 10.4. The molecule has 0 unspecified atom stereocenters. The molecule has 0 saturated heterocycles. The summed E-state index contributed by atoms with van der Waals surface area (Å²) >= 11 is 6.75. The molecule has 0 radical (unpaired) electrons. The van der Waals surface area contributed by atoms with E-state index >= 15 is 0 Å². The number of aromatic nitrogens is 3. The van der Waals surface area contributed by atoms with Gasteiger partial charge in [0.25, 0.3) is 0 Å². The highest BCUT2D eigenvalue weighted by Gasteiger charge is 2.16. The van der Waals surface area contributed by atoms with E-state index in [9.17, 15) is 0 Å². The van der Waals surface area contributed by atoms with Gasteiger partial charge in [-0.3, -0.25) is 0 Å². The van der Waals surface area contributed by atoms with Crippen molar-refractivity contribution in [1.82, 2.24) is 15.0 Å². The lowest BCUT2D eigenvalue weighted by Gasteiger charge is -2.10. The Morgan fingerprint density at radius 2 is 0.909 bits per heavy atom. The van der Waals surface area contributed by atoms with E-state index in [1.54, 1.807) is 0 Å². The summed E-state index contributed by atoms with van der Waals surface area (Å²) in [5.41, 5.74) is 9.13. The van der Waals surface area contributed by atoms with Crippen LogP contribution in [-0.4, -0.2) is 21.6 Å². The second kappa shape index (κ2) is 20.2. The van der Waals surface area contributed by atoms with Crippen molar-refractivity contribution in [3.05, 3.63) is 157 Å². The first-order chi connectivity index (χ1) is 27.1. The molecule has 4 aromatic heterocycles. The fourth-order valence-electron chi connectivity index (χ4n) is 7.56. The topological polar surface area (TPSA) is 56.6 Å². The maximum absolute atomic E-state index is 6.25. The number of fused-ring (bicyclic) bond motifs is 8. The zero-order valence-corrected chi connectivity index (χ0v) is 37.1. The van der Waals surface area contributed by atoms with Gasteiger partial charge in [0.2, 0.25) is 0 Å². The van der Waals surface area contributed by atoms with Crippen LogP contribution in [0.2, 0.25) is 0 Å².